The number of hydrogen-bond acceptors (Lipinski definition) is 5. The van der Waals surface area contributed by atoms with Gasteiger partial charge in [-0.25, -0.2) is 0 Å². The van der Waals surface area contributed by atoms with E-state index in [1.807, 2.05) is 0 Å². The van der Waals surface area contributed by atoms with Crippen molar-refractivity contribution >= 4 is 17.8 Å². The first-order chi connectivity index (χ1) is 9.11. The highest BCUT2D eigenvalue weighted by Crippen LogP contribution is 2.37. The van der Waals surface area contributed by atoms with Crippen molar-refractivity contribution in [3.05, 3.63) is 17.7 Å². The molecular formula is C13H14N2O4. The summed E-state index contributed by atoms with van der Waals surface area (Å²) in [6.07, 6.45) is 2.10. The largest absolute Gasteiger partial charge is 0.504 e. The van der Waals surface area contributed by atoms with Crippen LogP contribution in [-0.2, 0) is 0 Å². The number of hydrogen-bond donors (Lipinski definition) is 2. The Hall–Kier alpha value is -2.08. The molecular weight excluding hydrogens is 248 g/mol. The van der Waals surface area contributed by atoms with Gasteiger partial charge in [-0.1, -0.05) is 0 Å². The maximum absolute atomic E-state index is 12.5. The van der Waals surface area contributed by atoms with Crippen molar-refractivity contribution in [1.29, 1.82) is 0 Å². The van der Waals surface area contributed by atoms with Crippen LogP contribution in [0.2, 0.25) is 0 Å². The van der Waals surface area contributed by atoms with Crippen LogP contribution in [0.4, 0.5) is 5.69 Å². The Bertz CT molecular complexity index is 570. The van der Waals surface area contributed by atoms with Crippen LogP contribution in [0.15, 0.2) is 17.1 Å². The maximum Gasteiger partial charge on any atom is 0.258 e. The molecule has 0 spiro atoms. The molecule has 0 saturated carbocycles. The normalized spacial score (nSPS) is 24.9. The highest BCUT2D eigenvalue weighted by Gasteiger charge is 2.38. The number of aliphatic hydroxyl groups is 1. The number of ether oxygens (including phenoxy) is 1. The highest BCUT2D eigenvalue weighted by molar-refractivity contribution is 6.03. The summed E-state index contributed by atoms with van der Waals surface area (Å²) in [6.45, 7) is 0. The fourth-order valence-corrected chi connectivity index (χ4v) is 2.56. The van der Waals surface area contributed by atoms with Crippen LogP contribution < -0.4 is 4.74 Å². The number of aliphatic hydroxyl groups excluding tert-OH is 1. The van der Waals surface area contributed by atoms with Gasteiger partial charge in [0.1, 0.15) is 6.23 Å². The molecule has 2 heterocycles. The standard InChI is InChI=1S/C13H14N2O4/c1-19-11-4-8-9(5-10(11)16)14-6-7-2-3-12(17)15(7)13(8)18/h4-7,12,16-17H,2-3H2,1H3/t7-,12+/m0/s1. The number of nitrogens with zero attached hydrogens (tertiary/aromatic N) is 2. The number of methoxy groups -OCH3 is 1. The lowest BCUT2D eigenvalue weighted by atomic mass is 10.1. The highest BCUT2D eigenvalue weighted by atomic mass is 16.5. The molecule has 1 fully saturated rings. The molecule has 0 aliphatic carbocycles. The van der Waals surface area contributed by atoms with Crippen LogP contribution in [0.1, 0.15) is 23.2 Å². The summed E-state index contributed by atoms with van der Waals surface area (Å²) in [5.74, 6) is -0.135. The molecule has 19 heavy (non-hydrogen) atoms. The minimum Gasteiger partial charge on any atom is -0.504 e. The van der Waals surface area contributed by atoms with E-state index in [2.05, 4.69) is 4.99 Å². The van der Waals surface area contributed by atoms with Gasteiger partial charge in [-0.05, 0) is 18.9 Å². The van der Waals surface area contributed by atoms with Crippen LogP contribution in [0.25, 0.3) is 0 Å². The molecule has 2 N–H and O–H groups in total. The second kappa shape index (κ2) is 4.24. The third-order valence-electron chi connectivity index (χ3n) is 3.55. The van der Waals surface area contributed by atoms with Gasteiger partial charge in [0.2, 0.25) is 0 Å². The summed E-state index contributed by atoms with van der Waals surface area (Å²) in [5, 5.41) is 19.6. The molecule has 0 unspecified atom stereocenters. The molecule has 1 aromatic carbocycles. The summed E-state index contributed by atoms with van der Waals surface area (Å²) in [5.41, 5.74) is 0.722. The molecule has 1 aromatic rings. The SMILES string of the molecule is COc1cc2c(cc1O)N=C[C@@H]1CC[C@@H](O)N1C2=O. The lowest BCUT2D eigenvalue weighted by Gasteiger charge is -2.24. The molecule has 6 nitrogen and oxygen atoms in total. The van der Waals surface area contributed by atoms with Gasteiger partial charge >= 0.3 is 0 Å². The molecule has 3 rings (SSSR count). The van der Waals surface area contributed by atoms with Crippen molar-refractivity contribution in [1.82, 2.24) is 4.90 Å². The number of phenolic OH excluding ortho intramolecular Hbond substituents is 1. The summed E-state index contributed by atoms with van der Waals surface area (Å²) in [7, 11) is 1.42. The predicted molar refractivity (Wildman–Crippen MR) is 68.0 cm³/mol. The van der Waals surface area contributed by atoms with Crippen molar-refractivity contribution in [3.63, 3.8) is 0 Å². The zero-order valence-electron chi connectivity index (χ0n) is 10.4. The van der Waals surface area contributed by atoms with Gasteiger partial charge in [0.05, 0.1) is 24.4 Å². The Morgan fingerprint density at radius 1 is 1.42 bits per heavy atom. The Labute approximate surface area is 109 Å². The van der Waals surface area contributed by atoms with E-state index in [0.29, 0.717) is 24.1 Å². The number of phenols is 1. The first kappa shape index (κ1) is 12.0. The number of fused-ring (bicyclic) bond motifs is 2. The van der Waals surface area contributed by atoms with E-state index in [0.717, 1.165) is 0 Å². The number of carbonyl (C=O) groups excluding carboxylic acids is 1. The predicted octanol–water partition coefficient (Wildman–Crippen LogP) is 1.04. The zero-order chi connectivity index (χ0) is 13.6. The van der Waals surface area contributed by atoms with Crippen LogP contribution >= 0.6 is 0 Å². The van der Waals surface area contributed by atoms with Crippen LogP contribution in [-0.4, -0.2) is 46.6 Å². The van der Waals surface area contributed by atoms with E-state index >= 15 is 0 Å². The molecule has 0 aromatic heterocycles. The summed E-state index contributed by atoms with van der Waals surface area (Å²) in [6, 6.07) is 2.66. The molecule has 1 amide bonds. The van der Waals surface area contributed by atoms with E-state index in [-0.39, 0.29) is 23.4 Å². The van der Waals surface area contributed by atoms with Crippen molar-refractivity contribution in [2.24, 2.45) is 4.99 Å². The fraction of sp³-hybridized carbons (Fsp3) is 0.385. The number of aromatic hydroxyl groups is 1. The Balaban J connectivity index is 2.12. The molecule has 2 atom stereocenters. The van der Waals surface area contributed by atoms with Gasteiger partial charge < -0.3 is 19.8 Å². The number of aliphatic imine (C=N–C) groups is 1. The zero-order valence-corrected chi connectivity index (χ0v) is 10.4. The molecule has 2 aliphatic heterocycles. The first-order valence-electron chi connectivity index (χ1n) is 6.07. The van der Waals surface area contributed by atoms with Crippen molar-refractivity contribution < 1.29 is 19.7 Å². The van der Waals surface area contributed by atoms with Gasteiger partial charge in [-0.2, -0.15) is 0 Å². The van der Waals surface area contributed by atoms with Gasteiger partial charge in [-0.3, -0.25) is 9.79 Å². The molecule has 0 bridgehead atoms. The van der Waals surface area contributed by atoms with Crippen molar-refractivity contribution in [2.45, 2.75) is 25.1 Å². The number of carbonyl (C=O) groups is 1. The quantitative estimate of drug-likeness (QED) is 0.792. The summed E-state index contributed by atoms with van der Waals surface area (Å²) >= 11 is 0. The minimum atomic E-state index is -0.783. The van der Waals surface area contributed by atoms with E-state index in [1.54, 1.807) is 6.21 Å². The van der Waals surface area contributed by atoms with Crippen molar-refractivity contribution in [2.75, 3.05) is 7.11 Å². The smallest absolute Gasteiger partial charge is 0.258 e. The van der Waals surface area contributed by atoms with Crippen LogP contribution in [0, 0.1) is 0 Å². The van der Waals surface area contributed by atoms with E-state index < -0.39 is 6.23 Å². The number of benzene rings is 1. The van der Waals surface area contributed by atoms with Crippen LogP contribution in [0.3, 0.4) is 0 Å². The third kappa shape index (κ3) is 1.76. The minimum absolute atomic E-state index is 0.0613. The number of amides is 1. The molecule has 2 aliphatic rings. The summed E-state index contributed by atoms with van der Waals surface area (Å²) < 4.78 is 5.00. The Kier molecular flexibility index (Phi) is 2.67. The average molecular weight is 262 g/mol. The maximum atomic E-state index is 12.5. The second-order valence-corrected chi connectivity index (χ2v) is 4.66. The van der Waals surface area contributed by atoms with Crippen LogP contribution in [0.5, 0.6) is 11.5 Å². The monoisotopic (exact) mass is 262 g/mol. The lowest BCUT2D eigenvalue weighted by Crippen LogP contribution is -2.41. The molecule has 100 valence electrons. The fourth-order valence-electron chi connectivity index (χ4n) is 2.56. The number of rotatable bonds is 1. The van der Waals surface area contributed by atoms with Gasteiger partial charge in [0.25, 0.3) is 5.91 Å². The second-order valence-electron chi connectivity index (χ2n) is 4.66. The Morgan fingerprint density at radius 3 is 2.95 bits per heavy atom. The average Bonchev–Trinajstić information content (AvgIpc) is 2.70. The summed E-state index contributed by atoms with van der Waals surface area (Å²) in [4.78, 5) is 18.1. The van der Waals surface area contributed by atoms with Crippen molar-refractivity contribution in [3.8, 4) is 11.5 Å². The van der Waals surface area contributed by atoms with Gasteiger partial charge in [0.15, 0.2) is 11.5 Å². The van der Waals surface area contributed by atoms with E-state index in [4.69, 9.17) is 4.74 Å². The molecule has 0 radical (unpaired) electrons. The lowest BCUT2D eigenvalue weighted by molar-refractivity contribution is 0.0247. The third-order valence-corrected chi connectivity index (χ3v) is 3.55. The van der Waals surface area contributed by atoms with E-state index in [1.165, 1.54) is 24.1 Å². The molecule has 6 heteroatoms. The molecule has 1 saturated heterocycles. The Morgan fingerprint density at radius 2 is 2.21 bits per heavy atom. The van der Waals surface area contributed by atoms with E-state index in [9.17, 15) is 15.0 Å². The van der Waals surface area contributed by atoms with Gasteiger partial charge in [-0.15, -0.1) is 0 Å². The topological polar surface area (TPSA) is 82.4 Å². The van der Waals surface area contributed by atoms with Gasteiger partial charge in [0, 0.05) is 12.3 Å². The first-order valence-corrected chi connectivity index (χ1v) is 6.07.